The monoisotopic (exact) mass is 300 g/mol. The van der Waals surface area contributed by atoms with Crippen LogP contribution in [0.2, 0.25) is 15.1 Å². The van der Waals surface area contributed by atoms with Gasteiger partial charge in [0, 0.05) is 11.6 Å². The average molecular weight is 302 g/mol. The van der Waals surface area contributed by atoms with Gasteiger partial charge in [0.2, 0.25) is 0 Å². The molecule has 18 heavy (non-hydrogen) atoms. The van der Waals surface area contributed by atoms with Crippen LogP contribution in [0.5, 0.6) is 0 Å². The van der Waals surface area contributed by atoms with Crippen molar-refractivity contribution in [1.29, 1.82) is 0 Å². The number of rotatable bonds is 3. The van der Waals surface area contributed by atoms with E-state index >= 15 is 0 Å². The third-order valence-electron chi connectivity index (χ3n) is 2.46. The summed E-state index contributed by atoms with van der Waals surface area (Å²) in [5.74, 6) is 0. The van der Waals surface area contributed by atoms with Crippen LogP contribution in [0.15, 0.2) is 36.4 Å². The summed E-state index contributed by atoms with van der Waals surface area (Å²) >= 11 is 17.7. The number of benzene rings is 2. The molecule has 0 saturated heterocycles. The Morgan fingerprint density at radius 1 is 1.00 bits per heavy atom. The molecule has 0 atom stereocenters. The predicted octanol–water partition coefficient (Wildman–Crippen LogP) is 4.84. The van der Waals surface area contributed by atoms with Gasteiger partial charge in [-0.1, -0.05) is 46.9 Å². The lowest BCUT2D eigenvalue weighted by Crippen LogP contribution is -2.02. The van der Waals surface area contributed by atoms with Crippen LogP contribution in [-0.2, 0) is 6.54 Å². The number of hydrogen-bond acceptors (Lipinski definition) is 2. The quantitative estimate of drug-likeness (QED) is 0.796. The molecule has 0 aromatic heterocycles. The third kappa shape index (κ3) is 3.22. The lowest BCUT2D eigenvalue weighted by atomic mass is 10.2. The fourth-order valence-electron chi connectivity index (χ4n) is 1.56. The molecule has 2 aromatic rings. The first kappa shape index (κ1) is 13.3. The number of hydrogen-bond donors (Lipinski definition) is 2. The Morgan fingerprint density at radius 2 is 1.72 bits per heavy atom. The van der Waals surface area contributed by atoms with Crippen molar-refractivity contribution in [3.05, 3.63) is 57.0 Å². The topological polar surface area (TPSA) is 38.0 Å². The van der Waals surface area contributed by atoms with Crippen LogP contribution in [-0.4, -0.2) is 0 Å². The zero-order valence-corrected chi connectivity index (χ0v) is 11.7. The van der Waals surface area contributed by atoms with Crippen molar-refractivity contribution in [2.24, 2.45) is 0 Å². The van der Waals surface area contributed by atoms with E-state index in [1.54, 1.807) is 12.1 Å². The highest BCUT2D eigenvalue weighted by Gasteiger charge is 2.04. The smallest absolute Gasteiger partial charge is 0.0614 e. The Labute approximate surface area is 121 Å². The molecule has 0 fully saturated rings. The van der Waals surface area contributed by atoms with E-state index in [4.69, 9.17) is 40.5 Å². The largest absolute Gasteiger partial charge is 0.397 e. The number of halogens is 3. The van der Waals surface area contributed by atoms with E-state index in [2.05, 4.69) is 5.32 Å². The number of nitrogens with one attached hydrogen (secondary N) is 1. The van der Waals surface area contributed by atoms with Crippen LogP contribution in [0.1, 0.15) is 5.56 Å². The maximum Gasteiger partial charge on any atom is 0.0614 e. The molecule has 0 aliphatic carbocycles. The molecule has 0 bridgehead atoms. The van der Waals surface area contributed by atoms with E-state index in [-0.39, 0.29) is 0 Å². The third-order valence-corrected chi connectivity index (χ3v) is 3.42. The van der Waals surface area contributed by atoms with Crippen molar-refractivity contribution in [2.45, 2.75) is 6.54 Å². The van der Waals surface area contributed by atoms with Crippen molar-refractivity contribution >= 4 is 46.2 Å². The molecule has 0 amide bonds. The standard InChI is InChI=1S/C13H11Cl3N2/c14-9-3-1-2-8(4-9)7-18-13-6-11(16)10(15)5-12(13)17/h1-6,18H,7,17H2. The first-order valence-corrected chi connectivity index (χ1v) is 6.42. The van der Waals surface area contributed by atoms with Crippen LogP contribution in [0.4, 0.5) is 11.4 Å². The van der Waals surface area contributed by atoms with Gasteiger partial charge < -0.3 is 11.1 Å². The van der Waals surface area contributed by atoms with E-state index in [9.17, 15) is 0 Å². The second-order valence-corrected chi connectivity index (χ2v) is 5.09. The van der Waals surface area contributed by atoms with E-state index in [0.29, 0.717) is 27.3 Å². The average Bonchev–Trinajstić information content (AvgIpc) is 2.32. The van der Waals surface area contributed by atoms with E-state index in [1.807, 2.05) is 24.3 Å². The summed E-state index contributed by atoms with van der Waals surface area (Å²) in [5, 5.41) is 4.82. The summed E-state index contributed by atoms with van der Waals surface area (Å²) in [5.41, 5.74) is 8.23. The van der Waals surface area contributed by atoms with Gasteiger partial charge in [-0.2, -0.15) is 0 Å². The molecule has 2 nitrogen and oxygen atoms in total. The molecule has 5 heteroatoms. The molecule has 0 radical (unpaired) electrons. The summed E-state index contributed by atoms with van der Waals surface area (Å²) in [7, 11) is 0. The summed E-state index contributed by atoms with van der Waals surface area (Å²) in [6, 6.07) is 10.9. The molecule has 2 rings (SSSR count). The van der Waals surface area contributed by atoms with Gasteiger partial charge in [-0.25, -0.2) is 0 Å². The lowest BCUT2D eigenvalue weighted by Gasteiger charge is -2.11. The molecule has 0 aliphatic rings. The van der Waals surface area contributed by atoms with Crippen molar-refractivity contribution in [1.82, 2.24) is 0 Å². The summed E-state index contributed by atoms with van der Waals surface area (Å²) in [4.78, 5) is 0. The minimum absolute atomic E-state index is 0.447. The van der Waals surface area contributed by atoms with Gasteiger partial charge in [0.05, 0.1) is 21.4 Å². The maximum absolute atomic E-state index is 5.94. The van der Waals surface area contributed by atoms with Crippen LogP contribution in [0.25, 0.3) is 0 Å². The summed E-state index contributed by atoms with van der Waals surface area (Å²) in [6.07, 6.45) is 0. The van der Waals surface area contributed by atoms with Gasteiger partial charge >= 0.3 is 0 Å². The number of nitrogens with two attached hydrogens (primary N) is 1. The Kier molecular flexibility index (Phi) is 4.23. The minimum atomic E-state index is 0.447. The first-order valence-electron chi connectivity index (χ1n) is 5.29. The fourth-order valence-corrected chi connectivity index (χ4v) is 2.11. The number of nitrogen functional groups attached to an aromatic ring is 1. The molecular weight excluding hydrogens is 291 g/mol. The summed E-state index contributed by atoms with van der Waals surface area (Å²) in [6.45, 7) is 0.614. The zero-order chi connectivity index (χ0) is 13.1. The Morgan fingerprint density at radius 3 is 2.44 bits per heavy atom. The van der Waals surface area contributed by atoms with Crippen LogP contribution in [0.3, 0.4) is 0 Å². The van der Waals surface area contributed by atoms with Crippen molar-refractivity contribution < 1.29 is 0 Å². The van der Waals surface area contributed by atoms with Crippen molar-refractivity contribution in [3.63, 3.8) is 0 Å². The Balaban J connectivity index is 2.13. The van der Waals surface area contributed by atoms with E-state index in [0.717, 1.165) is 11.3 Å². The van der Waals surface area contributed by atoms with E-state index in [1.165, 1.54) is 0 Å². The van der Waals surface area contributed by atoms with Gasteiger partial charge in [0.1, 0.15) is 0 Å². The highest BCUT2D eigenvalue weighted by molar-refractivity contribution is 6.42. The number of anilines is 2. The molecule has 94 valence electrons. The molecular formula is C13H11Cl3N2. The van der Waals surface area contributed by atoms with Crippen LogP contribution >= 0.6 is 34.8 Å². The normalized spacial score (nSPS) is 10.4. The molecule has 0 aliphatic heterocycles. The van der Waals surface area contributed by atoms with E-state index < -0.39 is 0 Å². The molecule has 2 aromatic carbocycles. The molecule has 3 N–H and O–H groups in total. The SMILES string of the molecule is Nc1cc(Cl)c(Cl)cc1NCc1cccc(Cl)c1. The summed E-state index contributed by atoms with van der Waals surface area (Å²) < 4.78 is 0. The highest BCUT2D eigenvalue weighted by atomic mass is 35.5. The van der Waals surface area contributed by atoms with Gasteiger partial charge in [0.25, 0.3) is 0 Å². The van der Waals surface area contributed by atoms with Gasteiger partial charge in [-0.3, -0.25) is 0 Å². The maximum atomic E-state index is 5.94. The second-order valence-electron chi connectivity index (χ2n) is 3.84. The van der Waals surface area contributed by atoms with Crippen LogP contribution in [0, 0.1) is 0 Å². The molecule has 0 spiro atoms. The fraction of sp³-hybridized carbons (Fsp3) is 0.0769. The van der Waals surface area contributed by atoms with Crippen molar-refractivity contribution in [2.75, 3.05) is 11.1 Å². The first-order chi connectivity index (χ1) is 8.56. The zero-order valence-electron chi connectivity index (χ0n) is 9.38. The lowest BCUT2D eigenvalue weighted by molar-refractivity contribution is 1.15. The Bertz CT molecular complexity index is 570. The van der Waals surface area contributed by atoms with Crippen molar-refractivity contribution in [3.8, 4) is 0 Å². The second kappa shape index (κ2) is 5.70. The van der Waals surface area contributed by atoms with Gasteiger partial charge in [-0.05, 0) is 29.8 Å². The Hall–Kier alpha value is -1.09. The van der Waals surface area contributed by atoms with Gasteiger partial charge in [0.15, 0.2) is 0 Å². The molecule has 0 heterocycles. The van der Waals surface area contributed by atoms with Gasteiger partial charge in [-0.15, -0.1) is 0 Å². The highest BCUT2D eigenvalue weighted by Crippen LogP contribution is 2.31. The predicted molar refractivity (Wildman–Crippen MR) is 79.7 cm³/mol. The van der Waals surface area contributed by atoms with Crippen LogP contribution < -0.4 is 11.1 Å². The molecule has 0 saturated carbocycles. The minimum Gasteiger partial charge on any atom is -0.397 e. The molecule has 0 unspecified atom stereocenters.